The number of sulfonamides is 1. The Morgan fingerprint density at radius 1 is 1.00 bits per heavy atom. The van der Waals surface area contributed by atoms with Crippen molar-refractivity contribution >= 4 is 39.1 Å². The van der Waals surface area contributed by atoms with Gasteiger partial charge in [-0.05, 0) is 68.0 Å². The van der Waals surface area contributed by atoms with Crippen LogP contribution in [-0.2, 0) is 32.6 Å². The summed E-state index contributed by atoms with van der Waals surface area (Å²) in [5, 5.41) is 3.73. The number of anilines is 1. The highest BCUT2D eigenvalue weighted by molar-refractivity contribution is 7.92. The average molecular weight is 562 g/mol. The Kier molecular flexibility index (Phi) is 11.0. The van der Waals surface area contributed by atoms with Crippen LogP contribution < -0.4 is 9.62 Å². The molecule has 1 atom stereocenters. The number of hydrogen-bond acceptors (Lipinski definition) is 4. The molecule has 1 unspecified atom stereocenters. The minimum atomic E-state index is -3.52. The number of rotatable bonds is 12. The van der Waals surface area contributed by atoms with Gasteiger partial charge in [0.25, 0.3) is 0 Å². The van der Waals surface area contributed by atoms with Crippen LogP contribution in [-0.4, -0.2) is 50.0 Å². The van der Waals surface area contributed by atoms with E-state index in [1.807, 2.05) is 31.2 Å². The summed E-state index contributed by atoms with van der Waals surface area (Å²) in [6.07, 6.45) is 7.81. The van der Waals surface area contributed by atoms with Crippen molar-refractivity contribution in [3.05, 3.63) is 64.7 Å². The minimum Gasteiger partial charge on any atom is -0.352 e. The summed E-state index contributed by atoms with van der Waals surface area (Å²) >= 11 is 6.04. The van der Waals surface area contributed by atoms with Gasteiger partial charge >= 0.3 is 0 Å². The summed E-state index contributed by atoms with van der Waals surface area (Å²) in [5.41, 5.74) is 2.57. The van der Waals surface area contributed by atoms with E-state index in [0.29, 0.717) is 17.1 Å². The molecule has 0 aromatic heterocycles. The largest absolute Gasteiger partial charge is 0.352 e. The highest BCUT2D eigenvalue weighted by Crippen LogP contribution is 2.21. The molecule has 7 nitrogen and oxygen atoms in total. The van der Waals surface area contributed by atoms with E-state index < -0.39 is 16.1 Å². The summed E-state index contributed by atoms with van der Waals surface area (Å²) in [6, 6.07) is 14.1. The maximum atomic E-state index is 13.5. The molecule has 1 fully saturated rings. The molecule has 38 heavy (non-hydrogen) atoms. The van der Waals surface area contributed by atoms with Crippen molar-refractivity contribution in [3.63, 3.8) is 0 Å². The molecule has 3 rings (SSSR count). The monoisotopic (exact) mass is 561 g/mol. The topological polar surface area (TPSA) is 86.8 Å². The van der Waals surface area contributed by atoms with Crippen molar-refractivity contribution < 1.29 is 18.0 Å². The maximum Gasteiger partial charge on any atom is 0.242 e. The van der Waals surface area contributed by atoms with E-state index in [9.17, 15) is 18.0 Å². The fourth-order valence-electron chi connectivity index (χ4n) is 4.84. The summed E-state index contributed by atoms with van der Waals surface area (Å²) in [7, 11) is -3.52. The normalized spacial score (nSPS) is 15.1. The van der Waals surface area contributed by atoms with Crippen LogP contribution in [0.25, 0.3) is 0 Å². The summed E-state index contributed by atoms with van der Waals surface area (Å²) in [4.78, 5) is 28.2. The Balaban J connectivity index is 1.70. The van der Waals surface area contributed by atoms with Crippen LogP contribution in [0.15, 0.2) is 48.5 Å². The van der Waals surface area contributed by atoms with Crippen LogP contribution in [0, 0.1) is 0 Å². The Morgan fingerprint density at radius 2 is 1.61 bits per heavy atom. The van der Waals surface area contributed by atoms with Crippen LogP contribution in [0.4, 0.5) is 5.69 Å². The van der Waals surface area contributed by atoms with E-state index in [-0.39, 0.29) is 37.4 Å². The lowest BCUT2D eigenvalue weighted by Gasteiger charge is -2.31. The number of nitrogens with one attached hydrogen (secondary N) is 1. The first-order valence-corrected chi connectivity index (χ1v) is 15.7. The van der Waals surface area contributed by atoms with Crippen molar-refractivity contribution in [3.8, 4) is 0 Å². The van der Waals surface area contributed by atoms with Crippen molar-refractivity contribution in [1.29, 1.82) is 0 Å². The van der Waals surface area contributed by atoms with Gasteiger partial charge in [-0.1, -0.05) is 62.1 Å². The van der Waals surface area contributed by atoms with Crippen LogP contribution in [0.5, 0.6) is 0 Å². The first-order chi connectivity index (χ1) is 18.1. The van der Waals surface area contributed by atoms with Crippen molar-refractivity contribution in [2.45, 2.75) is 83.8 Å². The number of carbonyl (C=O) groups is 2. The molecule has 0 spiro atoms. The Bertz CT molecular complexity index is 1160. The highest BCUT2D eigenvalue weighted by Gasteiger charge is 2.28. The predicted molar refractivity (Wildman–Crippen MR) is 154 cm³/mol. The third kappa shape index (κ3) is 8.73. The number of carbonyl (C=O) groups excluding carboxylic acids is 2. The smallest absolute Gasteiger partial charge is 0.242 e. The molecule has 9 heteroatoms. The quantitative estimate of drug-likeness (QED) is 0.380. The van der Waals surface area contributed by atoms with Crippen molar-refractivity contribution in [1.82, 2.24) is 10.2 Å². The minimum absolute atomic E-state index is 0.119. The third-order valence-corrected chi connectivity index (χ3v) is 8.62. The first kappa shape index (κ1) is 30.0. The molecule has 1 aliphatic carbocycles. The molecule has 0 bridgehead atoms. The van der Waals surface area contributed by atoms with E-state index in [1.165, 1.54) is 17.0 Å². The number of hydrogen-bond donors (Lipinski definition) is 1. The van der Waals surface area contributed by atoms with Gasteiger partial charge in [-0.2, -0.15) is 0 Å². The number of halogens is 1. The van der Waals surface area contributed by atoms with E-state index in [0.717, 1.165) is 43.2 Å². The maximum absolute atomic E-state index is 13.5. The van der Waals surface area contributed by atoms with Gasteiger partial charge in [-0.3, -0.25) is 13.9 Å². The third-order valence-electron chi connectivity index (χ3n) is 7.17. The lowest BCUT2D eigenvalue weighted by molar-refractivity contribution is -0.141. The van der Waals surface area contributed by atoms with E-state index in [1.54, 1.807) is 36.1 Å². The van der Waals surface area contributed by atoms with E-state index >= 15 is 0 Å². The molecular formula is C29H40ClN3O4S. The van der Waals surface area contributed by atoms with E-state index in [2.05, 4.69) is 5.32 Å². The predicted octanol–water partition coefficient (Wildman–Crippen LogP) is 5.31. The Labute approximate surface area is 232 Å². The van der Waals surface area contributed by atoms with Crippen molar-refractivity contribution in [2.24, 2.45) is 0 Å². The summed E-state index contributed by atoms with van der Waals surface area (Å²) in [5.74, 6) is -0.353. The fourth-order valence-corrected chi connectivity index (χ4v) is 5.93. The van der Waals surface area contributed by atoms with Gasteiger partial charge in [-0.15, -0.1) is 0 Å². The molecule has 1 N–H and O–H groups in total. The molecule has 0 saturated heterocycles. The van der Waals surface area contributed by atoms with Crippen LogP contribution in [0.3, 0.4) is 0 Å². The molecule has 0 radical (unpaired) electrons. The molecule has 1 aliphatic rings. The van der Waals surface area contributed by atoms with Crippen LogP contribution in [0.2, 0.25) is 5.02 Å². The molecule has 0 heterocycles. The Morgan fingerprint density at radius 3 is 2.18 bits per heavy atom. The molecule has 1 saturated carbocycles. The van der Waals surface area contributed by atoms with Gasteiger partial charge in [0.05, 0.1) is 11.9 Å². The lowest BCUT2D eigenvalue weighted by atomic mass is 9.95. The SMILES string of the molecule is CCc1ccc(N(CCCC(=O)N(Cc2ccc(Cl)cc2)C(C)C(=O)NC2CCCCC2)S(C)(=O)=O)cc1. The van der Waals surface area contributed by atoms with Crippen LogP contribution in [0.1, 0.15) is 69.9 Å². The molecule has 2 aromatic carbocycles. The fraction of sp³-hybridized carbons (Fsp3) is 0.517. The van der Waals surface area contributed by atoms with Crippen molar-refractivity contribution in [2.75, 3.05) is 17.1 Å². The molecule has 208 valence electrons. The Hall–Kier alpha value is -2.58. The number of nitrogens with zero attached hydrogens (tertiary/aromatic N) is 2. The van der Waals surface area contributed by atoms with Gasteiger partial charge in [0.1, 0.15) is 6.04 Å². The molecule has 2 aromatic rings. The zero-order valence-electron chi connectivity index (χ0n) is 22.7. The zero-order valence-corrected chi connectivity index (χ0v) is 24.2. The first-order valence-electron chi connectivity index (χ1n) is 13.5. The molecular weight excluding hydrogens is 522 g/mol. The average Bonchev–Trinajstić information content (AvgIpc) is 2.90. The molecule has 0 aliphatic heterocycles. The molecule has 2 amide bonds. The van der Waals surface area contributed by atoms with Crippen LogP contribution >= 0.6 is 11.6 Å². The van der Waals surface area contributed by atoms with Gasteiger partial charge in [0, 0.05) is 30.6 Å². The lowest BCUT2D eigenvalue weighted by Crippen LogP contribution is -2.50. The van der Waals surface area contributed by atoms with Gasteiger partial charge in [-0.25, -0.2) is 8.42 Å². The van der Waals surface area contributed by atoms with Gasteiger partial charge in [0.2, 0.25) is 21.8 Å². The number of benzene rings is 2. The number of aryl methyl sites for hydroxylation is 1. The number of amides is 2. The zero-order chi connectivity index (χ0) is 27.7. The highest BCUT2D eigenvalue weighted by atomic mass is 35.5. The van der Waals surface area contributed by atoms with E-state index in [4.69, 9.17) is 11.6 Å². The second-order valence-corrected chi connectivity index (χ2v) is 12.5. The standard InChI is InChI=1S/C29H40ClN3O4S/c1-4-23-14-18-27(19-15-23)33(38(3,36)37)20-8-11-28(34)32(21-24-12-16-25(30)17-13-24)22(2)29(35)31-26-9-6-5-7-10-26/h12-19,22,26H,4-11,20-21H2,1-3H3,(H,31,35). The summed E-state index contributed by atoms with van der Waals surface area (Å²) in [6.45, 7) is 4.24. The second kappa shape index (κ2) is 14.0. The second-order valence-electron chi connectivity index (χ2n) is 10.1. The van der Waals surface area contributed by atoms with Gasteiger partial charge < -0.3 is 10.2 Å². The summed E-state index contributed by atoms with van der Waals surface area (Å²) < 4.78 is 26.4. The van der Waals surface area contributed by atoms with Gasteiger partial charge in [0.15, 0.2) is 0 Å².